The van der Waals surface area contributed by atoms with Gasteiger partial charge in [-0.1, -0.05) is 0 Å². The molecule has 0 aromatic carbocycles. The lowest BCUT2D eigenvalue weighted by Gasteiger charge is -2.07. The summed E-state index contributed by atoms with van der Waals surface area (Å²) in [4.78, 5) is 12.3. The molecule has 0 amide bonds. The average Bonchev–Trinajstić information content (AvgIpc) is 3.00. The summed E-state index contributed by atoms with van der Waals surface area (Å²) in [6, 6.07) is 3.99. The van der Waals surface area contributed by atoms with Crippen LogP contribution in [-0.4, -0.2) is 31.8 Å². The van der Waals surface area contributed by atoms with Gasteiger partial charge in [0.05, 0.1) is 12.8 Å². The molecule has 8 heteroatoms. The van der Waals surface area contributed by atoms with E-state index in [4.69, 9.17) is 10.6 Å². The molecule has 0 spiro atoms. The number of rotatable bonds is 6. The van der Waals surface area contributed by atoms with Crippen molar-refractivity contribution < 1.29 is 4.74 Å². The third-order valence-electron chi connectivity index (χ3n) is 3.00. The summed E-state index contributed by atoms with van der Waals surface area (Å²) >= 11 is 0. The molecule has 0 radical (unpaired) electrons. The van der Waals surface area contributed by atoms with Crippen molar-refractivity contribution in [1.29, 1.82) is 0 Å². The summed E-state index contributed by atoms with van der Waals surface area (Å²) in [6.07, 6.45) is 7.00. The summed E-state index contributed by atoms with van der Waals surface area (Å²) in [5, 5.41) is 7.43. The molecule has 0 aliphatic carbocycles. The fraction of sp³-hybridized carbons (Fsp3) is 0.231. The molecule has 0 fully saturated rings. The van der Waals surface area contributed by atoms with E-state index in [1.807, 2.05) is 12.1 Å². The van der Waals surface area contributed by atoms with Crippen molar-refractivity contribution in [2.45, 2.75) is 12.8 Å². The van der Waals surface area contributed by atoms with Crippen molar-refractivity contribution in [3.05, 3.63) is 36.3 Å². The quantitative estimate of drug-likeness (QED) is 0.352. The molecule has 0 saturated heterocycles. The average molecular weight is 285 g/mol. The Labute approximate surface area is 120 Å². The van der Waals surface area contributed by atoms with Crippen molar-refractivity contribution in [3.8, 4) is 5.88 Å². The van der Waals surface area contributed by atoms with Crippen molar-refractivity contribution in [2.24, 2.45) is 5.84 Å². The van der Waals surface area contributed by atoms with Gasteiger partial charge >= 0.3 is 0 Å². The summed E-state index contributed by atoms with van der Waals surface area (Å²) < 4.78 is 5.72. The van der Waals surface area contributed by atoms with Gasteiger partial charge in [0.1, 0.15) is 5.39 Å². The number of aromatic amines is 1. The number of anilines is 1. The van der Waals surface area contributed by atoms with Crippen molar-refractivity contribution >= 4 is 17.0 Å². The molecule has 3 heterocycles. The Kier molecular flexibility index (Phi) is 3.88. The Bertz CT molecular complexity index is 713. The number of nitrogen functional groups attached to an aromatic ring is 1. The number of fused-ring (bicyclic) bond motifs is 1. The van der Waals surface area contributed by atoms with Gasteiger partial charge in [0.25, 0.3) is 0 Å². The van der Waals surface area contributed by atoms with E-state index in [1.165, 1.54) is 5.56 Å². The summed E-state index contributed by atoms with van der Waals surface area (Å²) in [5.74, 6) is 6.10. The van der Waals surface area contributed by atoms with Gasteiger partial charge in [-0.05, 0) is 30.5 Å². The standard InChI is InChI=1S/C13H15N7O/c14-19-13-17-11-10(8-16-20-11)12(18-13)21-7-1-2-9-3-5-15-6-4-9/h3-6,8H,1-2,7,14H2,(H2,16,17,18,19,20). The maximum atomic E-state index is 5.72. The highest BCUT2D eigenvalue weighted by Gasteiger charge is 2.10. The van der Waals surface area contributed by atoms with Crippen LogP contribution in [0.2, 0.25) is 0 Å². The fourth-order valence-corrected chi connectivity index (χ4v) is 1.98. The summed E-state index contributed by atoms with van der Waals surface area (Å²) in [6.45, 7) is 0.545. The molecule has 21 heavy (non-hydrogen) atoms. The maximum Gasteiger partial charge on any atom is 0.242 e. The molecular weight excluding hydrogens is 270 g/mol. The first kappa shape index (κ1) is 13.3. The molecule has 0 unspecified atom stereocenters. The number of nitrogens with zero attached hydrogens (tertiary/aromatic N) is 4. The Morgan fingerprint density at radius 3 is 2.90 bits per heavy atom. The number of nitrogens with one attached hydrogen (secondary N) is 2. The smallest absolute Gasteiger partial charge is 0.242 e. The van der Waals surface area contributed by atoms with Crippen LogP contribution in [-0.2, 0) is 6.42 Å². The highest BCUT2D eigenvalue weighted by atomic mass is 16.5. The molecule has 0 aliphatic heterocycles. The fourth-order valence-electron chi connectivity index (χ4n) is 1.98. The normalized spacial score (nSPS) is 10.7. The van der Waals surface area contributed by atoms with Crippen molar-refractivity contribution in [1.82, 2.24) is 25.1 Å². The number of H-pyrrole nitrogens is 1. The number of hydrazine groups is 1. The molecule has 3 aromatic rings. The zero-order valence-electron chi connectivity index (χ0n) is 11.3. The minimum absolute atomic E-state index is 0.288. The second kappa shape index (κ2) is 6.14. The van der Waals surface area contributed by atoms with Crippen molar-refractivity contribution in [2.75, 3.05) is 12.0 Å². The second-order valence-corrected chi connectivity index (χ2v) is 4.44. The van der Waals surface area contributed by atoms with E-state index in [-0.39, 0.29) is 5.95 Å². The van der Waals surface area contributed by atoms with Gasteiger partial charge in [-0.2, -0.15) is 15.1 Å². The van der Waals surface area contributed by atoms with Gasteiger partial charge in [0.2, 0.25) is 11.8 Å². The number of hydrogen-bond donors (Lipinski definition) is 3. The SMILES string of the molecule is NNc1nc(OCCCc2ccncc2)c2cn[nH]c2n1. The van der Waals surface area contributed by atoms with Gasteiger partial charge in [0, 0.05) is 12.4 Å². The third kappa shape index (κ3) is 3.06. The van der Waals surface area contributed by atoms with Crippen LogP contribution in [0.3, 0.4) is 0 Å². The van der Waals surface area contributed by atoms with E-state index in [2.05, 4.69) is 30.6 Å². The van der Waals surface area contributed by atoms with E-state index < -0.39 is 0 Å². The number of ether oxygens (including phenoxy) is 1. The molecule has 108 valence electrons. The maximum absolute atomic E-state index is 5.72. The van der Waals surface area contributed by atoms with E-state index >= 15 is 0 Å². The lowest BCUT2D eigenvalue weighted by molar-refractivity contribution is 0.303. The van der Waals surface area contributed by atoms with Gasteiger partial charge in [0.15, 0.2) is 5.65 Å². The van der Waals surface area contributed by atoms with Crippen LogP contribution < -0.4 is 16.0 Å². The topological polar surface area (TPSA) is 115 Å². The van der Waals surface area contributed by atoms with E-state index in [0.29, 0.717) is 18.1 Å². The van der Waals surface area contributed by atoms with Crippen LogP contribution >= 0.6 is 0 Å². The number of nitrogens with two attached hydrogens (primary N) is 1. The number of aromatic nitrogens is 5. The molecule has 0 bridgehead atoms. The van der Waals surface area contributed by atoms with Crippen LogP contribution in [0.4, 0.5) is 5.95 Å². The minimum atomic E-state index is 0.288. The Hall–Kier alpha value is -2.74. The second-order valence-electron chi connectivity index (χ2n) is 4.44. The number of aryl methyl sites for hydroxylation is 1. The molecule has 0 atom stereocenters. The van der Waals surface area contributed by atoms with E-state index in [9.17, 15) is 0 Å². The molecular formula is C13H15N7O. The zero-order valence-corrected chi connectivity index (χ0v) is 11.3. The Morgan fingerprint density at radius 2 is 2.10 bits per heavy atom. The van der Waals surface area contributed by atoms with Crippen LogP contribution in [0.25, 0.3) is 11.0 Å². The van der Waals surface area contributed by atoms with Gasteiger partial charge < -0.3 is 4.74 Å². The van der Waals surface area contributed by atoms with Crippen LogP contribution in [0.5, 0.6) is 5.88 Å². The van der Waals surface area contributed by atoms with Crippen LogP contribution in [0, 0.1) is 0 Å². The summed E-state index contributed by atoms with van der Waals surface area (Å²) in [7, 11) is 0. The highest BCUT2D eigenvalue weighted by Crippen LogP contribution is 2.21. The zero-order chi connectivity index (χ0) is 14.5. The first-order valence-corrected chi connectivity index (χ1v) is 6.56. The lowest BCUT2D eigenvalue weighted by atomic mass is 10.1. The monoisotopic (exact) mass is 285 g/mol. The van der Waals surface area contributed by atoms with E-state index in [0.717, 1.165) is 18.2 Å². The van der Waals surface area contributed by atoms with Gasteiger partial charge in [-0.15, -0.1) is 0 Å². The molecule has 3 rings (SSSR count). The first-order chi connectivity index (χ1) is 10.4. The van der Waals surface area contributed by atoms with Crippen molar-refractivity contribution in [3.63, 3.8) is 0 Å². The number of hydrogen-bond acceptors (Lipinski definition) is 7. The number of pyridine rings is 1. The molecule has 4 N–H and O–H groups in total. The highest BCUT2D eigenvalue weighted by molar-refractivity contribution is 5.80. The molecule has 0 saturated carbocycles. The molecule has 3 aromatic heterocycles. The predicted octanol–water partition coefficient (Wildman–Crippen LogP) is 1.05. The third-order valence-corrected chi connectivity index (χ3v) is 3.00. The summed E-state index contributed by atoms with van der Waals surface area (Å²) in [5.41, 5.74) is 4.22. The van der Waals surface area contributed by atoms with Gasteiger partial charge in [-0.3, -0.25) is 15.5 Å². The largest absolute Gasteiger partial charge is 0.477 e. The van der Waals surface area contributed by atoms with Crippen LogP contribution in [0.1, 0.15) is 12.0 Å². The minimum Gasteiger partial charge on any atom is -0.477 e. The lowest BCUT2D eigenvalue weighted by Crippen LogP contribution is -2.11. The van der Waals surface area contributed by atoms with Gasteiger partial charge in [-0.25, -0.2) is 5.84 Å². The molecule has 0 aliphatic rings. The molecule has 8 nitrogen and oxygen atoms in total. The van der Waals surface area contributed by atoms with E-state index in [1.54, 1.807) is 18.6 Å². The van der Waals surface area contributed by atoms with Crippen LogP contribution in [0.15, 0.2) is 30.7 Å². The first-order valence-electron chi connectivity index (χ1n) is 6.56. The Morgan fingerprint density at radius 1 is 1.24 bits per heavy atom. The predicted molar refractivity (Wildman–Crippen MR) is 77.5 cm³/mol. The Balaban J connectivity index is 1.63.